The quantitative estimate of drug-likeness (QED) is 0.140. The Balaban J connectivity index is 1.57. The largest absolute Gasteiger partial charge is 0.497 e. The van der Waals surface area contributed by atoms with Crippen LogP contribution in [0.3, 0.4) is 0 Å². The Morgan fingerprint density at radius 3 is 1.94 bits per heavy atom. The summed E-state index contributed by atoms with van der Waals surface area (Å²) in [6.07, 6.45) is -1.21. The topological polar surface area (TPSA) is 119 Å². The first-order valence-electron chi connectivity index (χ1n) is 16.7. The Morgan fingerprint density at radius 2 is 1.31 bits per heavy atom. The van der Waals surface area contributed by atoms with Gasteiger partial charge in [-0.25, -0.2) is 0 Å². The van der Waals surface area contributed by atoms with Gasteiger partial charge in [0.2, 0.25) is 5.75 Å². The summed E-state index contributed by atoms with van der Waals surface area (Å²) in [5.74, 6) is 4.60. The van der Waals surface area contributed by atoms with Gasteiger partial charge >= 0.3 is 5.97 Å². The highest BCUT2D eigenvalue weighted by molar-refractivity contribution is 5.68. The van der Waals surface area contributed by atoms with Crippen LogP contribution < -0.4 is 47.4 Å². The number of carbonyl (C=O) groups is 1. The van der Waals surface area contributed by atoms with Gasteiger partial charge in [0.25, 0.3) is 0 Å². The molecule has 2 aliphatic rings. The van der Waals surface area contributed by atoms with Crippen LogP contribution in [0.4, 0.5) is 0 Å². The predicted molar refractivity (Wildman–Crippen MR) is 191 cm³/mol. The summed E-state index contributed by atoms with van der Waals surface area (Å²) in [6.45, 7) is 1.37. The van der Waals surface area contributed by atoms with Gasteiger partial charge in [-0.2, -0.15) is 0 Å². The fourth-order valence-corrected chi connectivity index (χ4v) is 7.22. The van der Waals surface area contributed by atoms with Crippen LogP contribution in [0.15, 0.2) is 54.6 Å². The second kappa shape index (κ2) is 15.3. The van der Waals surface area contributed by atoms with E-state index >= 15 is 0 Å². The highest BCUT2D eigenvalue weighted by Gasteiger charge is 2.43. The van der Waals surface area contributed by atoms with Crippen LogP contribution in [0.1, 0.15) is 59.3 Å². The molecule has 2 heterocycles. The van der Waals surface area contributed by atoms with Crippen molar-refractivity contribution < 1.29 is 56.9 Å². The lowest BCUT2D eigenvalue weighted by molar-refractivity contribution is -0.152. The van der Waals surface area contributed by atoms with Crippen LogP contribution in [0, 0.1) is 0 Å². The van der Waals surface area contributed by atoms with Crippen LogP contribution in [0.2, 0.25) is 0 Å². The monoisotopic (exact) mass is 716 g/mol. The third-order valence-corrected chi connectivity index (χ3v) is 9.57. The lowest BCUT2D eigenvalue weighted by atomic mass is 9.79. The Bertz CT molecular complexity index is 1940. The van der Waals surface area contributed by atoms with E-state index in [4.69, 9.17) is 52.1 Å². The normalized spacial score (nSPS) is 18.7. The van der Waals surface area contributed by atoms with Crippen molar-refractivity contribution in [3.8, 4) is 57.5 Å². The van der Waals surface area contributed by atoms with Gasteiger partial charge in [0, 0.05) is 53.6 Å². The Labute approximate surface area is 303 Å². The maximum atomic E-state index is 12.5. The molecule has 4 atom stereocenters. The molecule has 0 bridgehead atoms. The molecule has 0 N–H and O–H groups in total. The highest BCUT2D eigenvalue weighted by Crippen LogP contribution is 2.57. The van der Waals surface area contributed by atoms with Gasteiger partial charge in [0.1, 0.15) is 41.0 Å². The standard InChI is InChI=1S/C40H44O12/c1-21(41)50-35-19-27-31(45-5)20-34(47-7)36(38(27)52-37(35)25-13-15-29(44-4)40(49-9)39(25)48-8)26-18-30(22-10-14-28(43-3)33(16-22)46-6)51-32-17-23(42-2)11-12-24(26)32/h10-17,20,26,30,35,37H,18-19H2,1-9H3/t26-,30+,35-,37-/m1/s1. The maximum absolute atomic E-state index is 12.5. The van der Waals surface area contributed by atoms with Crippen LogP contribution in [0.5, 0.6) is 57.5 Å². The molecule has 276 valence electrons. The molecule has 0 spiro atoms. The van der Waals surface area contributed by atoms with E-state index in [1.54, 1.807) is 48.7 Å². The number of rotatable bonds is 12. The van der Waals surface area contributed by atoms with E-state index in [1.807, 2.05) is 48.5 Å². The number of methoxy groups -OCH3 is 8. The molecule has 2 aliphatic heterocycles. The molecule has 12 nitrogen and oxygen atoms in total. The molecule has 0 fully saturated rings. The molecule has 4 aromatic carbocycles. The van der Waals surface area contributed by atoms with E-state index in [0.29, 0.717) is 69.5 Å². The van der Waals surface area contributed by atoms with Crippen LogP contribution in [-0.4, -0.2) is 69.0 Å². The SMILES string of the molecule is COc1ccc2c(c1)O[C@H](c1ccc(OC)c(OC)c1)C[C@H]2c1c(OC)cc(OC)c2c1O[C@H](c1ccc(OC)c(OC)c1OC)[C@H](OC(C)=O)C2. The minimum atomic E-state index is -0.821. The molecule has 6 rings (SSSR count). The highest BCUT2D eigenvalue weighted by atomic mass is 16.6. The number of carbonyl (C=O) groups excluding carboxylic acids is 1. The van der Waals surface area contributed by atoms with Crippen LogP contribution in [0.25, 0.3) is 0 Å². The molecule has 0 aromatic heterocycles. The van der Waals surface area contributed by atoms with Crippen LogP contribution in [-0.2, 0) is 16.0 Å². The Morgan fingerprint density at radius 1 is 0.635 bits per heavy atom. The number of fused-ring (bicyclic) bond motifs is 2. The molecule has 0 radical (unpaired) electrons. The second-order valence-electron chi connectivity index (χ2n) is 12.2. The average molecular weight is 717 g/mol. The summed E-state index contributed by atoms with van der Waals surface area (Å²) < 4.78 is 65.6. The third kappa shape index (κ3) is 6.49. The van der Waals surface area contributed by atoms with Crippen molar-refractivity contribution in [3.63, 3.8) is 0 Å². The minimum absolute atomic E-state index is 0.273. The fourth-order valence-electron chi connectivity index (χ4n) is 7.22. The van der Waals surface area contributed by atoms with Gasteiger partial charge < -0.3 is 52.1 Å². The van der Waals surface area contributed by atoms with Crippen molar-refractivity contribution in [3.05, 3.63) is 82.4 Å². The third-order valence-electron chi connectivity index (χ3n) is 9.57. The van der Waals surface area contributed by atoms with E-state index < -0.39 is 24.3 Å². The van der Waals surface area contributed by atoms with Gasteiger partial charge in [-0.3, -0.25) is 4.79 Å². The summed E-state index contributed by atoms with van der Waals surface area (Å²) >= 11 is 0. The number of ether oxygens (including phenoxy) is 11. The number of benzene rings is 4. The number of hydrogen-bond donors (Lipinski definition) is 0. The molecule has 52 heavy (non-hydrogen) atoms. The maximum Gasteiger partial charge on any atom is 0.303 e. The first kappa shape index (κ1) is 36.2. The summed E-state index contributed by atoms with van der Waals surface area (Å²) in [6, 6.07) is 17.0. The van der Waals surface area contributed by atoms with E-state index in [0.717, 1.165) is 22.3 Å². The number of esters is 1. The zero-order valence-corrected chi connectivity index (χ0v) is 30.8. The van der Waals surface area contributed by atoms with Crippen molar-refractivity contribution in [1.29, 1.82) is 0 Å². The first-order valence-corrected chi connectivity index (χ1v) is 16.7. The van der Waals surface area contributed by atoms with E-state index in [1.165, 1.54) is 21.1 Å². The molecule has 0 unspecified atom stereocenters. The Kier molecular flexibility index (Phi) is 10.6. The van der Waals surface area contributed by atoms with Crippen molar-refractivity contribution >= 4 is 5.97 Å². The first-order chi connectivity index (χ1) is 25.2. The predicted octanol–water partition coefficient (Wildman–Crippen LogP) is 7.02. The minimum Gasteiger partial charge on any atom is -0.497 e. The van der Waals surface area contributed by atoms with Crippen molar-refractivity contribution in [1.82, 2.24) is 0 Å². The van der Waals surface area contributed by atoms with Gasteiger partial charge in [-0.15, -0.1) is 0 Å². The van der Waals surface area contributed by atoms with Gasteiger partial charge in [0.05, 0.1) is 56.9 Å². The molecule has 0 saturated carbocycles. The van der Waals surface area contributed by atoms with Crippen molar-refractivity contribution in [2.75, 3.05) is 56.9 Å². The lowest BCUT2D eigenvalue weighted by Gasteiger charge is -2.39. The van der Waals surface area contributed by atoms with Gasteiger partial charge in [0.15, 0.2) is 29.1 Å². The zero-order chi connectivity index (χ0) is 37.1. The lowest BCUT2D eigenvalue weighted by Crippen LogP contribution is -2.35. The average Bonchev–Trinajstić information content (AvgIpc) is 3.17. The molecule has 4 aromatic rings. The molecular formula is C40H44O12. The fraction of sp³-hybridized carbons (Fsp3) is 0.375. The number of hydrogen-bond acceptors (Lipinski definition) is 12. The van der Waals surface area contributed by atoms with E-state index in [-0.39, 0.29) is 12.3 Å². The zero-order valence-electron chi connectivity index (χ0n) is 30.8. The summed E-state index contributed by atoms with van der Waals surface area (Å²) in [5, 5.41) is 0. The summed E-state index contributed by atoms with van der Waals surface area (Å²) in [5.41, 5.74) is 3.91. The van der Waals surface area contributed by atoms with E-state index in [2.05, 4.69) is 0 Å². The summed E-state index contributed by atoms with van der Waals surface area (Å²) in [4.78, 5) is 12.5. The molecule has 0 amide bonds. The molecular weight excluding hydrogens is 672 g/mol. The van der Waals surface area contributed by atoms with Crippen molar-refractivity contribution in [2.45, 2.75) is 44.0 Å². The Hall–Kier alpha value is -5.65. The van der Waals surface area contributed by atoms with Crippen molar-refractivity contribution in [2.24, 2.45) is 0 Å². The smallest absolute Gasteiger partial charge is 0.303 e. The summed E-state index contributed by atoms with van der Waals surface area (Å²) in [7, 11) is 12.6. The van der Waals surface area contributed by atoms with Gasteiger partial charge in [-0.1, -0.05) is 12.1 Å². The van der Waals surface area contributed by atoms with Gasteiger partial charge in [-0.05, 0) is 42.3 Å². The molecule has 0 saturated heterocycles. The molecule has 12 heteroatoms. The second-order valence-corrected chi connectivity index (χ2v) is 12.2. The van der Waals surface area contributed by atoms with E-state index in [9.17, 15) is 4.79 Å². The molecule has 0 aliphatic carbocycles. The van der Waals surface area contributed by atoms with Crippen LogP contribution >= 0.6 is 0 Å².